The number of imidazole rings is 1. The summed E-state index contributed by atoms with van der Waals surface area (Å²) in [4.78, 5) is 54.7. The number of benzene rings is 1. The number of amides is 3. The highest BCUT2D eigenvalue weighted by Crippen LogP contribution is 2.25. The first-order chi connectivity index (χ1) is 17.1. The van der Waals surface area contributed by atoms with Gasteiger partial charge in [0, 0.05) is 31.0 Å². The molecule has 1 heterocycles. The lowest BCUT2D eigenvalue weighted by atomic mass is 9.82. The fourth-order valence-corrected chi connectivity index (χ4v) is 3.90. The van der Waals surface area contributed by atoms with E-state index in [1.165, 1.54) is 11.3 Å². The van der Waals surface area contributed by atoms with Crippen molar-refractivity contribution in [3.05, 3.63) is 54.6 Å². The van der Waals surface area contributed by atoms with Gasteiger partial charge in [0.25, 0.3) is 11.8 Å². The minimum absolute atomic E-state index is 0.00424. The summed E-state index contributed by atoms with van der Waals surface area (Å²) in [5.41, 5.74) is 3.16. The van der Waals surface area contributed by atoms with Crippen molar-refractivity contribution in [2.45, 2.75) is 47.1 Å². The molecule has 10 heteroatoms. The standard InChI is InChI=1S/C26H37N5O5/c1-18(2)14-22(21(26(35)36)10-11-28-24(33)20-8-6-5-7-9-20)25(34)29-31(15-19(3)4)23(32)16-30-13-12-27-17-30/h5-9,12-13,17-19,21-22H,10-11,14-16H2,1-4H3,(H,28,33)(H,29,34)(H,35,36)/t21-,22+/m0/s1. The summed E-state index contributed by atoms with van der Waals surface area (Å²) in [5, 5.41) is 14.0. The van der Waals surface area contributed by atoms with E-state index < -0.39 is 23.7 Å². The van der Waals surface area contributed by atoms with E-state index in [1.807, 2.05) is 27.7 Å². The highest BCUT2D eigenvalue weighted by Gasteiger charge is 2.35. The summed E-state index contributed by atoms with van der Waals surface area (Å²) >= 11 is 0. The van der Waals surface area contributed by atoms with Crippen LogP contribution in [0.2, 0.25) is 0 Å². The number of rotatable bonds is 13. The van der Waals surface area contributed by atoms with Gasteiger partial charge in [-0.25, -0.2) is 4.98 Å². The van der Waals surface area contributed by atoms with Crippen molar-refractivity contribution in [1.29, 1.82) is 0 Å². The minimum atomic E-state index is -1.12. The predicted molar refractivity (Wildman–Crippen MR) is 134 cm³/mol. The summed E-state index contributed by atoms with van der Waals surface area (Å²) in [7, 11) is 0. The molecule has 0 aliphatic rings. The first-order valence-electron chi connectivity index (χ1n) is 12.2. The van der Waals surface area contributed by atoms with Crippen molar-refractivity contribution in [2.24, 2.45) is 23.7 Å². The van der Waals surface area contributed by atoms with E-state index in [0.29, 0.717) is 12.0 Å². The van der Waals surface area contributed by atoms with E-state index in [4.69, 9.17) is 0 Å². The van der Waals surface area contributed by atoms with E-state index in [9.17, 15) is 24.3 Å². The van der Waals surface area contributed by atoms with Crippen molar-refractivity contribution >= 4 is 23.7 Å². The Kier molecular flexibility index (Phi) is 11.1. The van der Waals surface area contributed by atoms with Crippen LogP contribution in [-0.4, -0.2) is 56.4 Å². The largest absolute Gasteiger partial charge is 0.481 e. The average molecular weight is 500 g/mol. The normalized spacial score (nSPS) is 12.7. The number of carbonyl (C=O) groups excluding carboxylic acids is 3. The molecule has 0 aliphatic heterocycles. The molecule has 3 amide bonds. The van der Waals surface area contributed by atoms with Gasteiger partial charge < -0.3 is 15.0 Å². The molecule has 2 rings (SSSR count). The van der Waals surface area contributed by atoms with Gasteiger partial charge in [0.2, 0.25) is 5.91 Å². The number of hydrogen-bond acceptors (Lipinski definition) is 5. The highest BCUT2D eigenvalue weighted by atomic mass is 16.4. The lowest BCUT2D eigenvalue weighted by Gasteiger charge is -2.30. The van der Waals surface area contributed by atoms with Gasteiger partial charge in [0.15, 0.2) is 0 Å². The van der Waals surface area contributed by atoms with Crippen molar-refractivity contribution in [1.82, 2.24) is 25.3 Å². The number of hydrogen-bond donors (Lipinski definition) is 3. The smallest absolute Gasteiger partial charge is 0.307 e. The Balaban J connectivity index is 2.12. The third-order valence-corrected chi connectivity index (χ3v) is 5.61. The number of aliphatic carboxylic acids is 1. The van der Waals surface area contributed by atoms with E-state index in [-0.39, 0.29) is 49.7 Å². The van der Waals surface area contributed by atoms with Crippen molar-refractivity contribution in [3.8, 4) is 0 Å². The third-order valence-electron chi connectivity index (χ3n) is 5.61. The summed E-state index contributed by atoms with van der Waals surface area (Å²) < 4.78 is 1.60. The zero-order valence-corrected chi connectivity index (χ0v) is 21.4. The van der Waals surface area contributed by atoms with Crippen LogP contribution in [0, 0.1) is 23.7 Å². The van der Waals surface area contributed by atoms with Gasteiger partial charge >= 0.3 is 5.97 Å². The Morgan fingerprint density at radius 3 is 2.28 bits per heavy atom. The van der Waals surface area contributed by atoms with Crippen LogP contribution in [0.4, 0.5) is 0 Å². The number of nitrogens with zero attached hydrogens (tertiary/aromatic N) is 3. The minimum Gasteiger partial charge on any atom is -0.481 e. The van der Waals surface area contributed by atoms with Crippen LogP contribution in [0.15, 0.2) is 49.1 Å². The maximum Gasteiger partial charge on any atom is 0.307 e. The average Bonchev–Trinajstić information content (AvgIpc) is 3.33. The van der Waals surface area contributed by atoms with Crippen LogP contribution in [0.5, 0.6) is 0 Å². The van der Waals surface area contributed by atoms with Crippen molar-refractivity contribution in [2.75, 3.05) is 13.1 Å². The second-order valence-corrected chi connectivity index (χ2v) is 9.70. The molecule has 0 aliphatic carbocycles. The van der Waals surface area contributed by atoms with Crippen LogP contribution in [0.25, 0.3) is 0 Å². The molecule has 0 saturated carbocycles. The molecular formula is C26H37N5O5. The molecule has 3 N–H and O–H groups in total. The second-order valence-electron chi connectivity index (χ2n) is 9.70. The molecule has 36 heavy (non-hydrogen) atoms. The van der Waals surface area contributed by atoms with Crippen molar-refractivity contribution in [3.63, 3.8) is 0 Å². The molecule has 0 saturated heterocycles. The molecule has 1 aromatic carbocycles. The molecule has 2 atom stereocenters. The Morgan fingerprint density at radius 1 is 1.03 bits per heavy atom. The number of nitrogens with one attached hydrogen (secondary N) is 2. The molecule has 0 fully saturated rings. The Bertz CT molecular complexity index is 991. The van der Waals surface area contributed by atoms with E-state index in [1.54, 1.807) is 47.3 Å². The second kappa shape index (κ2) is 14.0. The Hall–Kier alpha value is -3.69. The summed E-state index contributed by atoms with van der Waals surface area (Å²) in [6.45, 7) is 8.03. The maximum absolute atomic E-state index is 13.4. The Morgan fingerprint density at radius 2 is 1.72 bits per heavy atom. The van der Waals surface area contributed by atoms with E-state index in [2.05, 4.69) is 15.7 Å². The molecular weight excluding hydrogens is 462 g/mol. The Labute approximate surface area is 212 Å². The quantitative estimate of drug-likeness (QED) is 0.363. The van der Waals surface area contributed by atoms with Gasteiger partial charge in [-0.2, -0.15) is 0 Å². The van der Waals surface area contributed by atoms with E-state index >= 15 is 0 Å². The van der Waals surface area contributed by atoms with Gasteiger partial charge in [-0.05, 0) is 36.8 Å². The highest BCUT2D eigenvalue weighted by molar-refractivity contribution is 5.94. The number of hydrazine groups is 1. The fourth-order valence-electron chi connectivity index (χ4n) is 3.90. The molecule has 2 aromatic rings. The maximum atomic E-state index is 13.4. The summed E-state index contributed by atoms with van der Waals surface area (Å²) in [6.07, 6.45) is 5.12. The molecule has 0 unspecified atom stereocenters. The van der Waals surface area contributed by atoms with Crippen LogP contribution in [-0.2, 0) is 20.9 Å². The summed E-state index contributed by atoms with van der Waals surface area (Å²) in [6, 6.07) is 8.63. The zero-order valence-electron chi connectivity index (χ0n) is 21.4. The van der Waals surface area contributed by atoms with Gasteiger partial charge in [-0.3, -0.25) is 29.6 Å². The molecule has 10 nitrogen and oxygen atoms in total. The predicted octanol–water partition coefficient (Wildman–Crippen LogP) is 2.58. The molecule has 0 spiro atoms. The van der Waals surface area contributed by atoms with Crippen LogP contribution in [0.3, 0.4) is 0 Å². The molecule has 196 valence electrons. The third kappa shape index (κ3) is 9.16. The molecule has 0 radical (unpaired) electrons. The van der Waals surface area contributed by atoms with Gasteiger partial charge in [-0.15, -0.1) is 0 Å². The summed E-state index contributed by atoms with van der Waals surface area (Å²) in [5.74, 6) is -4.08. The number of carboxylic acids is 1. The molecule has 0 bridgehead atoms. The zero-order chi connectivity index (χ0) is 26.7. The fraction of sp³-hybridized carbons (Fsp3) is 0.500. The number of carbonyl (C=O) groups is 4. The van der Waals surface area contributed by atoms with Crippen LogP contribution >= 0.6 is 0 Å². The van der Waals surface area contributed by atoms with Gasteiger partial charge in [0.1, 0.15) is 6.54 Å². The first kappa shape index (κ1) is 28.5. The number of aromatic nitrogens is 2. The number of carboxylic acid groups (broad SMARTS) is 1. The lowest BCUT2D eigenvalue weighted by molar-refractivity contribution is -0.151. The lowest BCUT2D eigenvalue weighted by Crippen LogP contribution is -2.52. The van der Waals surface area contributed by atoms with E-state index in [0.717, 1.165) is 0 Å². The van der Waals surface area contributed by atoms with Crippen LogP contribution < -0.4 is 10.7 Å². The van der Waals surface area contributed by atoms with Crippen LogP contribution in [0.1, 0.15) is 50.9 Å². The monoisotopic (exact) mass is 499 g/mol. The molecule has 1 aromatic heterocycles. The SMILES string of the molecule is CC(C)C[C@@H](C(=O)NN(CC(C)C)C(=O)Cn1ccnc1)[C@H](CCNC(=O)c1ccccc1)C(=O)O. The van der Waals surface area contributed by atoms with Gasteiger partial charge in [-0.1, -0.05) is 45.9 Å². The topological polar surface area (TPSA) is 134 Å². The van der Waals surface area contributed by atoms with Gasteiger partial charge in [0.05, 0.1) is 18.2 Å². The first-order valence-corrected chi connectivity index (χ1v) is 12.2. The van der Waals surface area contributed by atoms with Crippen molar-refractivity contribution < 1.29 is 24.3 Å².